The Hall–Kier alpha value is -2.43. The zero-order valence-electron chi connectivity index (χ0n) is 11.1. The summed E-state index contributed by atoms with van der Waals surface area (Å²) in [6.45, 7) is 3.60. The van der Waals surface area contributed by atoms with Crippen LogP contribution in [-0.2, 0) is 5.60 Å². The summed E-state index contributed by atoms with van der Waals surface area (Å²) in [5.74, 6) is -1.87. The molecule has 0 amide bonds. The maximum Gasteiger partial charge on any atom is 0.335 e. The average Bonchev–Trinajstić information content (AvgIpc) is 2.41. The van der Waals surface area contributed by atoms with Crippen molar-refractivity contribution in [2.24, 2.45) is 0 Å². The predicted octanol–water partition coefficient (Wildman–Crippen LogP) is 3.23. The molecule has 0 aliphatic heterocycles. The van der Waals surface area contributed by atoms with E-state index in [4.69, 9.17) is 9.84 Å². The van der Waals surface area contributed by atoms with E-state index in [0.717, 1.165) is 11.6 Å². The maximum absolute atomic E-state index is 13.9. The first-order chi connectivity index (χ1) is 9.40. The minimum atomic E-state index is -1.18. The van der Waals surface area contributed by atoms with E-state index in [9.17, 15) is 9.18 Å². The third-order valence-electron chi connectivity index (χ3n) is 2.92. The average molecular weight is 275 g/mol. The molecule has 0 radical (unpaired) electrons. The van der Waals surface area contributed by atoms with Gasteiger partial charge in [0.1, 0.15) is 5.60 Å². The summed E-state index contributed by atoms with van der Waals surface area (Å²) in [6, 6.07) is 7.14. The number of nitrogens with zero attached hydrogens (tertiary/aromatic N) is 1. The number of aromatic nitrogens is 1. The van der Waals surface area contributed by atoms with Crippen LogP contribution in [0.3, 0.4) is 0 Å². The van der Waals surface area contributed by atoms with Crippen molar-refractivity contribution in [3.05, 3.63) is 59.7 Å². The van der Waals surface area contributed by atoms with E-state index in [0.29, 0.717) is 0 Å². The van der Waals surface area contributed by atoms with Crippen molar-refractivity contribution >= 4 is 5.97 Å². The lowest BCUT2D eigenvalue weighted by atomic mass is 9.99. The number of carbonyl (C=O) groups is 1. The van der Waals surface area contributed by atoms with Gasteiger partial charge in [-0.3, -0.25) is 4.98 Å². The first kappa shape index (κ1) is 14.0. The van der Waals surface area contributed by atoms with Crippen LogP contribution in [0.4, 0.5) is 4.39 Å². The number of hydrogen-bond acceptors (Lipinski definition) is 3. The summed E-state index contributed by atoms with van der Waals surface area (Å²) in [4.78, 5) is 14.7. The number of pyridine rings is 1. The molecular weight excluding hydrogens is 261 g/mol. The van der Waals surface area contributed by atoms with Crippen LogP contribution in [0.25, 0.3) is 0 Å². The molecule has 0 spiro atoms. The fourth-order valence-corrected chi connectivity index (χ4v) is 1.80. The molecule has 5 heteroatoms. The van der Waals surface area contributed by atoms with E-state index in [1.807, 2.05) is 0 Å². The second-order valence-corrected chi connectivity index (χ2v) is 4.80. The van der Waals surface area contributed by atoms with Crippen LogP contribution < -0.4 is 4.74 Å². The van der Waals surface area contributed by atoms with Crippen molar-refractivity contribution < 1.29 is 19.0 Å². The molecule has 0 aliphatic rings. The Labute approximate surface area is 115 Å². The molecule has 104 valence electrons. The third kappa shape index (κ3) is 2.93. The van der Waals surface area contributed by atoms with E-state index in [2.05, 4.69) is 4.98 Å². The second kappa shape index (κ2) is 5.28. The van der Waals surface area contributed by atoms with E-state index < -0.39 is 17.4 Å². The molecule has 2 aromatic rings. The molecule has 0 saturated heterocycles. The molecule has 1 heterocycles. The van der Waals surface area contributed by atoms with Gasteiger partial charge in [-0.25, -0.2) is 9.18 Å². The lowest BCUT2D eigenvalue weighted by Crippen LogP contribution is -2.25. The van der Waals surface area contributed by atoms with Gasteiger partial charge in [0.05, 0.1) is 5.56 Å². The van der Waals surface area contributed by atoms with Crippen LogP contribution in [0.15, 0.2) is 42.7 Å². The summed E-state index contributed by atoms with van der Waals surface area (Å²) in [5, 5.41) is 8.80. The minimum absolute atomic E-state index is 0.0109. The number of benzene rings is 1. The van der Waals surface area contributed by atoms with Crippen LogP contribution >= 0.6 is 0 Å². The van der Waals surface area contributed by atoms with Gasteiger partial charge in [0.25, 0.3) is 0 Å². The molecule has 1 aromatic heterocycles. The second-order valence-electron chi connectivity index (χ2n) is 4.80. The lowest BCUT2D eigenvalue weighted by molar-refractivity contribution is 0.0695. The van der Waals surface area contributed by atoms with Crippen LogP contribution in [0.2, 0.25) is 0 Å². The van der Waals surface area contributed by atoms with Gasteiger partial charge in [-0.1, -0.05) is 0 Å². The molecule has 2 rings (SSSR count). The number of rotatable bonds is 4. The normalized spacial score (nSPS) is 11.2. The number of ether oxygens (including phenoxy) is 1. The third-order valence-corrected chi connectivity index (χ3v) is 2.92. The summed E-state index contributed by atoms with van der Waals surface area (Å²) < 4.78 is 19.5. The first-order valence-electron chi connectivity index (χ1n) is 6.02. The van der Waals surface area contributed by atoms with Gasteiger partial charge < -0.3 is 9.84 Å². The Bertz CT molecular complexity index is 626. The van der Waals surface area contributed by atoms with Crippen LogP contribution in [0.5, 0.6) is 5.75 Å². The molecule has 0 fully saturated rings. The van der Waals surface area contributed by atoms with Gasteiger partial charge in [0.2, 0.25) is 0 Å². The summed E-state index contributed by atoms with van der Waals surface area (Å²) >= 11 is 0. The van der Waals surface area contributed by atoms with E-state index in [-0.39, 0.29) is 11.3 Å². The Balaban J connectivity index is 2.28. The number of hydrogen-bond donors (Lipinski definition) is 1. The molecule has 0 bridgehead atoms. The molecule has 0 atom stereocenters. The largest absolute Gasteiger partial charge is 0.480 e. The summed E-state index contributed by atoms with van der Waals surface area (Å²) in [6.07, 6.45) is 3.26. The number of aromatic carboxylic acids is 1. The molecule has 20 heavy (non-hydrogen) atoms. The smallest absolute Gasteiger partial charge is 0.335 e. The van der Waals surface area contributed by atoms with Crippen molar-refractivity contribution in [2.45, 2.75) is 19.4 Å². The zero-order chi connectivity index (χ0) is 14.8. The van der Waals surface area contributed by atoms with Crippen molar-refractivity contribution in [1.29, 1.82) is 0 Å². The highest BCUT2D eigenvalue weighted by Crippen LogP contribution is 2.29. The van der Waals surface area contributed by atoms with Gasteiger partial charge in [0.15, 0.2) is 11.6 Å². The fraction of sp³-hybridized carbons (Fsp3) is 0.200. The SMILES string of the molecule is CC(C)(Oc1ccc(C(=O)O)cc1F)c1ccncc1. The number of halogens is 1. The highest BCUT2D eigenvalue weighted by Gasteiger charge is 2.24. The fourth-order valence-electron chi connectivity index (χ4n) is 1.80. The standard InChI is InChI=1S/C15H14FNO3/c1-15(2,11-5-7-17-8-6-11)20-13-4-3-10(14(18)19)9-12(13)16/h3-9H,1-2H3,(H,18,19). The topological polar surface area (TPSA) is 59.4 Å². The number of carboxylic acids is 1. The molecular formula is C15H14FNO3. The Morgan fingerprint density at radius 2 is 1.90 bits per heavy atom. The molecule has 0 aliphatic carbocycles. The first-order valence-corrected chi connectivity index (χ1v) is 6.02. The van der Waals surface area contributed by atoms with Crippen molar-refractivity contribution in [1.82, 2.24) is 4.98 Å². The van der Waals surface area contributed by atoms with E-state index in [1.165, 1.54) is 12.1 Å². The van der Waals surface area contributed by atoms with Crippen LogP contribution in [0, 0.1) is 5.82 Å². The van der Waals surface area contributed by atoms with Crippen LogP contribution in [-0.4, -0.2) is 16.1 Å². The summed E-state index contributed by atoms with van der Waals surface area (Å²) in [5.41, 5.74) is -0.0279. The van der Waals surface area contributed by atoms with Gasteiger partial charge in [-0.15, -0.1) is 0 Å². The quantitative estimate of drug-likeness (QED) is 0.930. The molecule has 0 unspecified atom stereocenters. The highest BCUT2D eigenvalue weighted by atomic mass is 19.1. The predicted molar refractivity (Wildman–Crippen MR) is 71.3 cm³/mol. The van der Waals surface area contributed by atoms with Crippen LogP contribution in [0.1, 0.15) is 29.8 Å². The minimum Gasteiger partial charge on any atom is -0.480 e. The Morgan fingerprint density at radius 3 is 2.45 bits per heavy atom. The van der Waals surface area contributed by atoms with E-state index >= 15 is 0 Å². The monoisotopic (exact) mass is 275 g/mol. The van der Waals surface area contributed by atoms with Gasteiger partial charge in [-0.05, 0) is 49.7 Å². The lowest BCUT2D eigenvalue weighted by Gasteiger charge is -2.27. The van der Waals surface area contributed by atoms with E-state index in [1.54, 1.807) is 38.4 Å². The Morgan fingerprint density at radius 1 is 1.25 bits per heavy atom. The van der Waals surface area contributed by atoms with Gasteiger partial charge in [-0.2, -0.15) is 0 Å². The van der Waals surface area contributed by atoms with Crippen molar-refractivity contribution in [3.63, 3.8) is 0 Å². The van der Waals surface area contributed by atoms with Gasteiger partial charge >= 0.3 is 5.97 Å². The molecule has 1 N–H and O–H groups in total. The molecule has 1 aromatic carbocycles. The molecule has 0 saturated carbocycles. The number of carboxylic acid groups (broad SMARTS) is 1. The maximum atomic E-state index is 13.9. The van der Waals surface area contributed by atoms with Crippen molar-refractivity contribution in [3.8, 4) is 5.75 Å². The van der Waals surface area contributed by atoms with Gasteiger partial charge in [0, 0.05) is 12.4 Å². The van der Waals surface area contributed by atoms with Crippen molar-refractivity contribution in [2.75, 3.05) is 0 Å². The zero-order valence-corrected chi connectivity index (χ0v) is 11.1. The molecule has 4 nitrogen and oxygen atoms in total. The highest BCUT2D eigenvalue weighted by molar-refractivity contribution is 5.87. The Kier molecular flexibility index (Phi) is 3.70. The summed E-state index contributed by atoms with van der Waals surface area (Å²) in [7, 11) is 0.